The van der Waals surface area contributed by atoms with Crippen LogP contribution in [0.15, 0.2) is 33.5 Å². The molecule has 1 aliphatic heterocycles. The van der Waals surface area contributed by atoms with E-state index in [0.717, 1.165) is 47.0 Å². The lowest BCUT2D eigenvalue weighted by molar-refractivity contribution is 0.249. The van der Waals surface area contributed by atoms with Crippen LogP contribution < -0.4 is 10.5 Å². The van der Waals surface area contributed by atoms with Gasteiger partial charge in [0.15, 0.2) is 0 Å². The molecule has 1 saturated heterocycles. The molecule has 1 aliphatic rings. The number of halogens is 1. The van der Waals surface area contributed by atoms with Crippen molar-refractivity contribution in [1.82, 2.24) is 9.88 Å². The van der Waals surface area contributed by atoms with Crippen molar-refractivity contribution in [3.05, 3.63) is 39.1 Å². The van der Waals surface area contributed by atoms with E-state index in [-0.39, 0.29) is 5.56 Å². The number of nitrogens with one attached hydrogen (secondary N) is 1. The van der Waals surface area contributed by atoms with Gasteiger partial charge in [-0.05, 0) is 50.5 Å². The first-order chi connectivity index (χ1) is 10.0. The molecule has 0 aliphatic carbocycles. The summed E-state index contributed by atoms with van der Waals surface area (Å²) in [4.78, 5) is 19.9. The van der Waals surface area contributed by atoms with E-state index in [0.29, 0.717) is 6.04 Å². The number of fused-ring (bicyclic) bond motifs is 1. The van der Waals surface area contributed by atoms with Gasteiger partial charge >= 0.3 is 0 Å². The van der Waals surface area contributed by atoms with Crippen molar-refractivity contribution in [2.45, 2.75) is 18.9 Å². The van der Waals surface area contributed by atoms with Crippen LogP contribution in [0.2, 0.25) is 0 Å². The molecule has 2 aromatic rings. The van der Waals surface area contributed by atoms with Crippen LogP contribution in [0.5, 0.6) is 0 Å². The monoisotopic (exact) mass is 349 g/mol. The van der Waals surface area contributed by atoms with Crippen LogP contribution in [0.4, 0.5) is 5.82 Å². The molecule has 0 unspecified atom stereocenters. The van der Waals surface area contributed by atoms with E-state index >= 15 is 0 Å². The molecule has 0 saturated carbocycles. The Labute approximate surface area is 132 Å². The SMILES string of the molecule is CN(C)C1CCN(c2cc3ccc(Br)cc3c(=O)[nH]2)CC1. The number of piperidine rings is 1. The highest BCUT2D eigenvalue weighted by molar-refractivity contribution is 9.10. The third-order valence-corrected chi connectivity index (χ3v) is 4.82. The van der Waals surface area contributed by atoms with Crippen molar-refractivity contribution in [1.29, 1.82) is 0 Å². The second-order valence-corrected chi connectivity index (χ2v) is 6.81. The molecule has 0 bridgehead atoms. The molecule has 112 valence electrons. The zero-order valence-electron chi connectivity index (χ0n) is 12.4. The number of H-pyrrole nitrogens is 1. The molecule has 0 amide bonds. The first kappa shape index (κ1) is 14.6. The average molecular weight is 350 g/mol. The summed E-state index contributed by atoms with van der Waals surface area (Å²) < 4.78 is 0.931. The zero-order chi connectivity index (χ0) is 15.0. The van der Waals surface area contributed by atoms with E-state index in [9.17, 15) is 4.79 Å². The largest absolute Gasteiger partial charge is 0.358 e. The number of nitrogens with zero attached hydrogens (tertiary/aromatic N) is 2. The van der Waals surface area contributed by atoms with Crippen molar-refractivity contribution in [2.75, 3.05) is 32.1 Å². The molecule has 3 rings (SSSR count). The standard InChI is InChI=1S/C16H20BrN3O/c1-19(2)13-5-7-20(8-6-13)15-9-11-3-4-12(17)10-14(11)16(21)18-15/h3-4,9-10,13H,5-8H2,1-2H3,(H,18,21). The fourth-order valence-corrected chi connectivity index (χ4v) is 3.37. The van der Waals surface area contributed by atoms with Gasteiger partial charge in [-0.2, -0.15) is 0 Å². The lowest BCUT2D eigenvalue weighted by Crippen LogP contribution is -2.42. The van der Waals surface area contributed by atoms with Crippen molar-refractivity contribution in [2.24, 2.45) is 0 Å². The molecule has 4 nitrogen and oxygen atoms in total. The van der Waals surface area contributed by atoms with E-state index < -0.39 is 0 Å². The van der Waals surface area contributed by atoms with Crippen LogP contribution in [0.3, 0.4) is 0 Å². The Morgan fingerprint density at radius 3 is 2.62 bits per heavy atom. The third-order valence-electron chi connectivity index (χ3n) is 4.33. The second kappa shape index (κ2) is 5.81. The number of pyridine rings is 1. The van der Waals surface area contributed by atoms with Gasteiger partial charge in [0.25, 0.3) is 5.56 Å². The second-order valence-electron chi connectivity index (χ2n) is 5.90. The summed E-state index contributed by atoms with van der Waals surface area (Å²) in [6.45, 7) is 1.97. The molecule has 5 heteroatoms. The molecular weight excluding hydrogens is 330 g/mol. The van der Waals surface area contributed by atoms with E-state index in [2.05, 4.69) is 50.9 Å². The number of hydrogen-bond donors (Lipinski definition) is 1. The van der Waals surface area contributed by atoms with Crippen molar-refractivity contribution < 1.29 is 0 Å². The van der Waals surface area contributed by atoms with Crippen LogP contribution >= 0.6 is 15.9 Å². The van der Waals surface area contributed by atoms with Gasteiger partial charge in [0.05, 0.1) is 0 Å². The Hall–Kier alpha value is -1.33. The topological polar surface area (TPSA) is 39.3 Å². The lowest BCUT2D eigenvalue weighted by Gasteiger charge is -2.36. The van der Waals surface area contributed by atoms with Gasteiger partial charge in [0.1, 0.15) is 5.82 Å². The Kier molecular flexibility index (Phi) is 4.04. The summed E-state index contributed by atoms with van der Waals surface area (Å²) >= 11 is 3.41. The molecule has 1 N–H and O–H groups in total. The number of hydrogen-bond acceptors (Lipinski definition) is 3. The Bertz CT molecular complexity index is 702. The molecule has 2 heterocycles. The fourth-order valence-electron chi connectivity index (χ4n) is 3.01. The van der Waals surface area contributed by atoms with Crippen molar-refractivity contribution in [3.8, 4) is 0 Å². The molecule has 1 fully saturated rings. The average Bonchev–Trinajstić information content (AvgIpc) is 2.48. The quantitative estimate of drug-likeness (QED) is 0.905. The van der Waals surface area contributed by atoms with E-state index in [4.69, 9.17) is 0 Å². The molecule has 0 atom stereocenters. The maximum Gasteiger partial charge on any atom is 0.257 e. The number of benzene rings is 1. The normalized spacial score (nSPS) is 16.9. The molecular formula is C16H20BrN3O. The summed E-state index contributed by atoms with van der Waals surface area (Å²) in [7, 11) is 4.27. The highest BCUT2D eigenvalue weighted by atomic mass is 79.9. The Balaban J connectivity index is 1.89. The first-order valence-electron chi connectivity index (χ1n) is 7.28. The predicted octanol–water partition coefficient (Wildman–Crippen LogP) is 2.82. The van der Waals surface area contributed by atoms with Gasteiger partial charge < -0.3 is 14.8 Å². The molecule has 0 radical (unpaired) electrons. The number of aromatic amines is 1. The number of rotatable bonds is 2. The summed E-state index contributed by atoms with van der Waals surface area (Å²) in [6.07, 6.45) is 2.26. The van der Waals surface area contributed by atoms with Gasteiger partial charge in [-0.3, -0.25) is 4.79 Å². The summed E-state index contributed by atoms with van der Waals surface area (Å²) in [5.41, 5.74) is -0.0152. The van der Waals surface area contributed by atoms with Crippen molar-refractivity contribution in [3.63, 3.8) is 0 Å². The van der Waals surface area contributed by atoms with Gasteiger partial charge in [0, 0.05) is 29.0 Å². The molecule has 0 spiro atoms. The third kappa shape index (κ3) is 2.99. The minimum Gasteiger partial charge on any atom is -0.358 e. The summed E-state index contributed by atoms with van der Waals surface area (Å²) in [5.74, 6) is 0.937. The highest BCUT2D eigenvalue weighted by Crippen LogP contribution is 2.23. The van der Waals surface area contributed by atoms with E-state index in [1.54, 1.807) is 0 Å². The van der Waals surface area contributed by atoms with Gasteiger partial charge in [-0.1, -0.05) is 22.0 Å². The molecule has 1 aromatic carbocycles. The van der Waals surface area contributed by atoms with E-state index in [1.807, 2.05) is 18.2 Å². The minimum atomic E-state index is -0.0152. The Morgan fingerprint density at radius 1 is 1.24 bits per heavy atom. The maximum absolute atomic E-state index is 12.3. The van der Waals surface area contributed by atoms with Gasteiger partial charge in [-0.25, -0.2) is 0 Å². The zero-order valence-corrected chi connectivity index (χ0v) is 14.0. The Morgan fingerprint density at radius 2 is 1.95 bits per heavy atom. The van der Waals surface area contributed by atoms with Crippen LogP contribution in [-0.4, -0.2) is 43.1 Å². The summed E-state index contributed by atoms with van der Waals surface area (Å²) in [5, 5.41) is 1.72. The number of anilines is 1. The van der Waals surface area contributed by atoms with Crippen molar-refractivity contribution >= 4 is 32.5 Å². The smallest absolute Gasteiger partial charge is 0.257 e. The summed E-state index contributed by atoms with van der Waals surface area (Å²) in [6, 6.07) is 8.56. The highest BCUT2D eigenvalue weighted by Gasteiger charge is 2.21. The van der Waals surface area contributed by atoms with Gasteiger partial charge in [-0.15, -0.1) is 0 Å². The van der Waals surface area contributed by atoms with Crippen LogP contribution in [0.1, 0.15) is 12.8 Å². The molecule has 21 heavy (non-hydrogen) atoms. The first-order valence-corrected chi connectivity index (χ1v) is 8.08. The minimum absolute atomic E-state index is 0.0152. The fraction of sp³-hybridized carbons (Fsp3) is 0.438. The van der Waals surface area contributed by atoms with Crippen LogP contribution in [-0.2, 0) is 0 Å². The van der Waals surface area contributed by atoms with Crippen LogP contribution in [0, 0.1) is 0 Å². The predicted molar refractivity (Wildman–Crippen MR) is 91.2 cm³/mol. The van der Waals surface area contributed by atoms with Gasteiger partial charge in [0.2, 0.25) is 0 Å². The van der Waals surface area contributed by atoms with E-state index in [1.165, 1.54) is 0 Å². The number of aromatic nitrogens is 1. The lowest BCUT2D eigenvalue weighted by atomic mass is 10.0. The van der Waals surface area contributed by atoms with Crippen LogP contribution in [0.25, 0.3) is 10.8 Å². The maximum atomic E-state index is 12.3. The molecule has 1 aromatic heterocycles.